The molecule has 0 aliphatic carbocycles. The molecular weight excluding hydrogens is 272 g/mol. The van der Waals surface area contributed by atoms with Crippen LogP contribution in [0.25, 0.3) is 0 Å². The van der Waals surface area contributed by atoms with Crippen molar-refractivity contribution in [2.24, 2.45) is 10.9 Å². The highest BCUT2D eigenvalue weighted by Gasteiger charge is 2.21. The SMILES string of the molecule is CCOC(=O)[C@H](C#N)C=NC[C@H]1COc2ccccc2O1. The van der Waals surface area contributed by atoms with Crippen LogP contribution in [0.1, 0.15) is 6.92 Å². The molecule has 0 fully saturated rings. The second-order valence-corrected chi connectivity index (χ2v) is 4.37. The van der Waals surface area contributed by atoms with Crippen LogP contribution < -0.4 is 9.47 Å². The van der Waals surface area contributed by atoms with Crippen molar-refractivity contribution in [3.63, 3.8) is 0 Å². The number of fused-ring (bicyclic) bond motifs is 1. The first-order chi connectivity index (χ1) is 10.2. The molecule has 110 valence electrons. The molecule has 6 nitrogen and oxygen atoms in total. The Morgan fingerprint density at radius 2 is 2.33 bits per heavy atom. The molecule has 2 rings (SSSR count). The predicted octanol–water partition coefficient (Wildman–Crippen LogP) is 1.60. The first-order valence-corrected chi connectivity index (χ1v) is 6.69. The molecule has 1 aromatic rings. The van der Waals surface area contributed by atoms with Crippen molar-refractivity contribution in [3.8, 4) is 17.6 Å². The zero-order valence-electron chi connectivity index (χ0n) is 11.7. The lowest BCUT2D eigenvalue weighted by Gasteiger charge is -2.25. The van der Waals surface area contributed by atoms with Crippen molar-refractivity contribution in [1.29, 1.82) is 5.26 Å². The number of hydrogen-bond acceptors (Lipinski definition) is 6. The highest BCUT2D eigenvalue weighted by Crippen LogP contribution is 2.30. The maximum Gasteiger partial charge on any atom is 0.328 e. The van der Waals surface area contributed by atoms with Crippen molar-refractivity contribution >= 4 is 12.2 Å². The number of benzene rings is 1. The summed E-state index contributed by atoms with van der Waals surface area (Å²) in [5, 5.41) is 8.89. The first-order valence-electron chi connectivity index (χ1n) is 6.69. The number of rotatable bonds is 5. The van der Waals surface area contributed by atoms with E-state index in [-0.39, 0.29) is 12.7 Å². The predicted molar refractivity (Wildman–Crippen MR) is 75.4 cm³/mol. The number of carbonyl (C=O) groups is 1. The average molecular weight is 288 g/mol. The average Bonchev–Trinajstić information content (AvgIpc) is 2.51. The normalized spacial score (nSPS) is 18.0. The number of aliphatic imine (C=N–C) groups is 1. The number of hydrogen-bond donors (Lipinski definition) is 0. The minimum Gasteiger partial charge on any atom is -0.486 e. The van der Waals surface area contributed by atoms with E-state index in [1.807, 2.05) is 30.3 Å². The number of nitrogens with zero attached hydrogens (tertiary/aromatic N) is 2. The van der Waals surface area contributed by atoms with Gasteiger partial charge in [0.2, 0.25) is 0 Å². The lowest BCUT2D eigenvalue weighted by molar-refractivity contribution is -0.143. The summed E-state index contributed by atoms with van der Waals surface area (Å²) in [6, 6.07) is 9.23. The number of para-hydroxylation sites is 2. The zero-order chi connectivity index (χ0) is 15.1. The number of nitriles is 1. The van der Waals surface area contributed by atoms with Crippen LogP contribution in [-0.4, -0.2) is 38.0 Å². The standard InChI is InChI=1S/C15H16N2O4/c1-2-19-15(18)11(7-16)8-17-9-12-10-20-13-5-3-4-6-14(13)21-12/h3-6,8,11-12H,2,9-10H2,1H3/t11-,12+/m1/s1. The van der Waals surface area contributed by atoms with Gasteiger partial charge in [0, 0.05) is 6.21 Å². The van der Waals surface area contributed by atoms with Crippen molar-refractivity contribution < 1.29 is 19.0 Å². The molecule has 6 heteroatoms. The molecule has 0 radical (unpaired) electrons. The van der Waals surface area contributed by atoms with E-state index in [0.29, 0.717) is 24.7 Å². The molecule has 0 unspecified atom stereocenters. The van der Waals surface area contributed by atoms with Gasteiger partial charge in [-0.1, -0.05) is 12.1 Å². The lowest BCUT2D eigenvalue weighted by Crippen LogP contribution is -2.32. The Balaban J connectivity index is 1.88. The van der Waals surface area contributed by atoms with Gasteiger partial charge in [-0.15, -0.1) is 0 Å². The van der Waals surface area contributed by atoms with Crippen molar-refractivity contribution in [2.45, 2.75) is 13.0 Å². The summed E-state index contributed by atoms with van der Waals surface area (Å²) in [5.74, 6) is -0.193. The van der Waals surface area contributed by atoms with Crippen LogP contribution in [0.4, 0.5) is 0 Å². The van der Waals surface area contributed by atoms with Crippen molar-refractivity contribution in [2.75, 3.05) is 19.8 Å². The molecule has 0 aromatic heterocycles. The van der Waals surface area contributed by atoms with Gasteiger partial charge in [0.1, 0.15) is 6.61 Å². The van der Waals surface area contributed by atoms with E-state index in [9.17, 15) is 4.79 Å². The van der Waals surface area contributed by atoms with E-state index < -0.39 is 11.9 Å². The van der Waals surface area contributed by atoms with Crippen molar-refractivity contribution in [1.82, 2.24) is 0 Å². The molecule has 0 saturated carbocycles. The Bertz CT molecular complexity index is 565. The van der Waals surface area contributed by atoms with E-state index in [2.05, 4.69) is 4.99 Å². The third kappa shape index (κ3) is 3.96. The van der Waals surface area contributed by atoms with Gasteiger partial charge >= 0.3 is 5.97 Å². The summed E-state index contributed by atoms with van der Waals surface area (Å²) in [6.45, 7) is 2.62. The van der Waals surface area contributed by atoms with E-state index in [1.165, 1.54) is 6.21 Å². The smallest absolute Gasteiger partial charge is 0.328 e. The number of ether oxygens (including phenoxy) is 3. The monoisotopic (exact) mass is 288 g/mol. The molecule has 0 bridgehead atoms. The van der Waals surface area contributed by atoms with Gasteiger partial charge in [-0.2, -0.15) is 5.26 Å². The van der Waals surface area contributed by atoms with Gasteiger partial charge in [0.15, 0.2) is 23.5 Å². The van der Waals surface area contributed by atoms with E-state index in [1.54, 1.807) is 6.92 Å². The summed E-state index contributed by atoms with van der Waals surface area (Å²) in [6.07, 6.45) is 1.06. The molecule has 0 N–H and O–H groups in total. The van der Waals surface area contributed by atoms with Crippen LogP contribution in [0.2, 0.25) is 0 Å². The second-order valence-electron chi connectivity index (χ2n) is 4.37. The lowest BCUT2D eigenvalue weighted by atomic mass is 10.2. The summed E-state index contributed by atoms with van der Waals surface area (Å²) in [4.78, 5) is 15.5. The van der Waals surface area contributed by atoms with Gasteiger partial charge in [0.25, 0.3) is 0 Å². The molecule has 2 atom stereocenters. The van der Waals surface area contributed by atoms with Gasteiger partial charge in [-0.25, -0.2) is 0 Å². The molecule has 0 amide bonds. The summed E-state index contributed by atoms with van der Waals surface area (Å²) in [5.41, 5.74) is 0. The molecule has 1 aliphatic heterocycles. The number of esters is 1. The Morgan fingerprint density at radius 3 is 3.05 bits per heavy atom. The summed E-state index contributed by atoms with van der Waals surface area (Å²) < 4.78 is 16.0. The maximum absolute atomic E-state index is 11.4. The Hall–Kier alpha value is -2.55. The van der Waals surface area contributed by atoms with Crippen LogP contribution in [0.5, 0.6) is 11.5 Å². The first kappa shape index (κ1) is 14.9. The fourth-order valence-electron chi connectivity index (χ4n) is 1.82. The van der Waals surface area contributed by atoms with Crippen LogP contribution in [-0.2, 0) is 9.53 Å². The maximum atomic E-state index is 11.4. The summed E-state index contributed by atoms with van der Waals surface area (Å²) >= 11 is 0. The van der Waals surface area contributed by atoms with Gasteiger partial charge in [0.05, 0.1) is 19.2 Å². The zero-order valence-corrected chi connectivity index (χ0v) is 11.7. The third-order valence-electron chi connectivity index (χ3n) is 2.81. The van der Waals surface area contributed by atoms with Gasteiger partial charge < -0.3 is 14.2 Å². The van der Waals surface area contributed by atoms with E-state index in [4.69, 9.17) is 19.5 Å². The minimum atomic E-state index is -0.984. The molecular formula is C15H16N2O4. The highest BCUT2D eigenvalue weighted by molar-refractivity contribution is 5.92. The summed E-state index contributed by atoms with van der Waals surface area (Å²) in [7, 11) is 0. The van der Waals surface area contributed by atoms with E-state index >= 15 is 0 Å². The molecule has 1 aliphatic rings. The van der Waals surface area contributed by atoms with Gasteiger partial charge in [-0.05, 0) is 19.1 Å². The van der Waals surface area contributed by atoms with E-state index in [0.717, 1.165) is 0 Å². The molecule has 1 heterocycles. The quantitative estimate of drug-likeness (QED) is 0.607. The van der Waals surface area contributed by atoms with Crippen molar-refractivity contribution in [3.05, 3.63) is 24.3 Å². The topological polar surface area (TPSA) is 80.9 Å². The molecule has 0 spiro atoms. The Labute approximate surface area is 123 Å². The van der Waals surface area contributed by atoms with Crippen LogP contribution in [0.3, 0.4) is 0 Å². The minimum absolute atomic E-state index is 0.237. The third-order valence-corrected chi connectivity index (χ3v) is 2.81. The molecule has 1 aromatic carbocycles. The number of carbonyl (C=O) groups excluding carboxylic acids is 1. The molecule has 21 heavy (non-hydrogen) atoms. The van der Waals surface area contributed by atoms with Crippen LogP contribution in [0, 0.1) is 17.2 Å². The highest BCUT2D eigenvalue weighted by atomic mass is 16.6. The van der Waals surface area contributed by atoms with Crippen LogP contribution >= 0.6 is 0 Å². The second kappa shape index (κ2) is 7.29. The van der Waals surface area contributed by atoms with Gasteiger partial charge in [-0.3, -0.25) is 9.79 Å². The largest absolute Gasteiger partial charge is 0.486 e. The van der Waals surface area contributed by atoms with Crippen LogP contribution in [0.15, 0.2) is 29.3 Å². The fraction of sp³-hybridized carbons (Fsp3) is 0.400. The molecule has 0 saturated heterocycles. The Kier molecular flexibility index (Phi) is 5.16. The fourth-order valence-corrected chi connectivity index (χ4v) is 1.82. The Morgan fingerprint density at radius 1 is 1.57 bits per heavy atom.